The lowest BCUT2D eigenvalue weighted by atomic mass is 10.4. The average Bonchev–Trinajstić information content (AvgIpc) is 2.29. The van der Waals surface area contributed by atoms with Crippen LogP contribution in [0.4, 0.5) is 0 Å². The molecule has 0 saturated heterocycles. The standard InChI is InChI=1S/C12H27IOSi/c1-4-6-10-15(14-3,11-7-5-2)12-8-9-13/h4-12H2,1-3H3. The molecule has 1 nitrogen and oxygen atoms in total. The summed E-state index contributed by atoms with van der Waals surface area (Å²) in [7, 11) is 0.626. The lowest BCUT2D eigenvalue weighted by Crippen LogP contribution is -2.36. The molecule has 0 aromatic rings. The molecular weight excluding hydrogens is 315 g/mol. The molecule has 0 rings (SSSR count). The Balaban J connectivity index is 4.16. The zero-order valence-corrected chi connectivity index (χ0v) is 13.8. The average molecular weight is 342 g/mol. The van der Waals surface area contributed by atoms with Crippen LogP contribution in [0.2, 0.25) is 18.1 Å². The van der Waals surface area contributed by atoms with Gasteiger partial charge in [0.05, 0.1) is 0 Å². The molecule has 0 aliphatic heterocycles. The van der Waals surface area contributed by atoms with Gasteiger partial charge >= 0.3 is 0 Å². The highest BCUT2D eigenvalue weighted by molar-refractivity contribution is 14.1. The van der Waals surface area contributed by atoms with E-state index in [9.17, 15) is 0 Å². The van der Waals surface area contributed by atoms with E-state index in [2.05, 4.69) is 36.4 Å². The molecule has 0 aliphatic carbocycles. The Bertz CT molecular complexity index is 120. The van der Waals surface area contributed by atoms with Crippen LogP contribution in [0.1, 0.15) is 46.0 Å². The van der Waals surface area contributed by atoms with Gasteiger partial charge < -0.3 is 4.43 Å². The van der Waals surface area contributed by atoms with Gasteiger partial charge in [-0.05, 0) is 29.0 Å². The third-order valence-electron chi connectivity index (χ3n) is 3.17. The highest BCUT2D eigenvalue weighted by Crippen LogP contribution is 2.28. The molecule has 15 heavy (non-hydrogen) atoms. The maximum Gasteiger partial charge on any atom is 0.192 e. The first-order valence-electron chi connectivity index (χ1n) is 6.35. The zero-order chi connectivity index (χ0) is 11.6. The minimum absolute atomic E-state index is 1.29. The summed E-state index contributed by atoms with van der Waals surface area (Å²) in [5.41, 5.74) is 0. The summed E-state index contributed by atoms with van der Waals surface area (Å²) in [4.78, 5) is 0. The normalized spacial score (nSPS) is 12.0. The fourth-order valence-electron chi connectivity index (χ4n) is 2.07. The SMILES string of the molecule is CCCC[Si](CCCC)(CCCI)OC. The molecule has 0 spiro atoms. The molecule has 0 aromatic heterocycles. The van der Waals surface area contributed by atoms with Crippen molar-refractivity contribution in [3.63, 3.8) is 0 Å². The van der Waals surface area contributed by atoms with Crippen molar-refractivity contribution in [2.24, 2.45) is 0 Å². The van der Waals surface area contributed by atoms with Gasteiger partial charge in [0.25, 0.3) is 0 Å². The third-order valence-corrected chi connectivity index (χ3v) is 8.59. The van der Waals surface area contributed by atoms with E-state index in [0.29, 0.717) is 0 Å². The summed E-state index contributed by atoms with van der Waals surface area (Å²) in [6.07, 6.45) is 6.72. The largest absolute Gasteiger partial charge is 0.420 e. The second-order valence-electron chi connectivity index (χ2n) is 4.39. The van der Waals surface area contributed by atoms with Crippen LogP contribution < -0.4 is 0 Å². The van der Waals surface area contributed by atoms with Gasteiger partial charge in [0, 0.05) is 7.11 Å². The Hall–Kier alpha value is 0.907. The number of rotatable bonds is 10. The van der Waals surface area contributed by atoms with E-state index in [4.69, 9.17) is 4.43 Å². The van der Waals surface area contributed by atoms with E-state index in [1.807, 2.05) is 7.11 Å². The molecule has 0 unspecified atom stereocenters. The monoisotopic (exact) mass is 342 g/mol. The van der Waals surface area contributed by atoms with Gasteiger partial charge in [-0.15, -0.1) is 0 Å². The van der Waals surface area contributed by atoms with E-state index in [1.165, 1.54) is 54.7 Å². The molecule has 0 aromatic carbocycles. The van der Waals surface area contributed by atoms with Crippen LogP contribution in [0.15, 0.2) is 0 Å². The van der Waals surface area contributed by atoms with Crippen molar-refractivity contribution >= 4 is 30.9 Å². The summed E-state index contributed by atoms with van der Waals surface area (Å²) in [6, 6.07) is 4.15. The Morgan fingerprint density at radius 1 is 0.933 bits per heavy atom. The van der Waals surface area contributed by atoms with E-state index in [1.54, 1.807) is 0 Å². The van der Waals surface area contributed by atoms with Crippen molar-refractivity contribution in [3.05, 3.63) is 0 Å². The highest BCUT2D eigenvalue weighted by atomic mass is 127. The Morgan fingerprint density at radius 2 is 1.40 bits per heavy atom. The zero-order valence-electron chi connectivity index (χ0n) is 10.7. The van der Waals surface area contributed by atoms with Gasteiger partial charge in [0.1, 0.15) is 0 Å². The van der Waals surface area contributed by atoms with Crippen molar-refractivity contribution in [1.82, 2.24) is 0 Å². The predicted molar refractivity (Wildman–Crippen MR) is 80.5 cm³/mol. The minimum atomic E-state index is -1.34. The second kappa shape index (κ2) is 10.1. The predicted octanol–water partition coefficient (Wildman–Crippen LogP) is 5.00. The molecule has 0 amide bonds. The molecule has 0 atom stereocenters. The van der Waals surface area contributed by atoms with E-state index < -0.39 is 8.32 Å². The van der Waals surface area contributed by atoms with Gasteiger partial charge in [-0.2, -0.15) is 0 Å². The van der Waals surface area contributed by atoms with Crippen molar-refractivity contribution in [3.8, 4) is 0 Å². The summed E-state index contributed by atoms with van der Waals surface area (Å²) in [6.45, 7) is 4.57. The molecular formula is C12H27IOSi. The van der Waals surface area contributed by atoms with Crippen molar-refractivity contribution in [1.29, 1.82) is 0 Å². The highest BCUT2D eigenvalue weighted by Gasteiger charge is 2.31. The summed E-state index contributed by atoms with van der Waals surface area (Å²) >= 11 is 2.49. The Labute approximate surface area is 111 Å². The second-order valence-corrected chi connectivity index (χ2v) is 9.74. The first kappa shape index (κ1) is 15.9. The molecule has 92 valence electrons. The summed E-state index contributed by atoms with van der Waals surface area (Å²) in [5.74, 6) is 0. The van der Waals surface area contributed by atoms with Crippen molar-refractivity contribution < 1.29 is 4.43 Å². The number of halogens is 1. The van der Waals surface area contributed by atoms with Gasteiger partial charge in [-0.25, -0.2) is 0 Å². The van der Waals surface area contributed by atoms with Crippen LogP contribution >= 0.6 is 22.6 Å². The van der Waals surface area contributed by atoms with Crippen molar-refractivity contribution in [2.45, 2.75) is 64.1 Å². The molecule has 0 aliphatic rings. The topological polar surface area (TPSA) is 9.23 Å². The Morgan fingerprint density at radius 3 is 1.73 bits per heavy atom. The van der Waals surface area contributed by atoms with Gasteiger partial charge in [0.2, 0.25) is 0 Å². The van der Waals surface area contributed by atoms with Crippen molar-refractivity contribution in [2.75, 3.05) is 11.5 Å². The number of hydrogen-bond donors (Lipinski definition) is 0. The molecule has 0 saturated carbocycles. The first-order valence-corrected chi connectivity index (χ1v) is 10.4. The molecule has 0 bridgehead atoms. The summed E-state index contributed by atoms with van der Waals surface area (Å²) in [5, 5.41) is 0. The lowest BCUT2D eigenvalue weighted by Gasteiger charge is -2.29. The molecule has 0 N–H and O–H groups in total. The van der Waals surface area contributed by atoms with Gasteiger partial charge in [-0.3, -0.25) is 0 Å². The van der Waals surface area contributed by atoms with Crippen LogP contribution in [0.3, 0.4) is 0 Å². The fraction of sp³-hybridized carbons (Fsp3) is 1.00. The molecule has 0 radical (unpaired) electrons. The van der Waals surface area contributed by atoms with E-state index in [0.717, 1.165) is 0 Å². The molecule has 3 heteroatoms. The van der Waals surface area contributed by atoms with Crippen LogP contribution in [-0.4, -0.2) is 19.9 Å². The van der Waals surface area contributed by atoms with Crippen LogP contribution in [0.25, 0.3) is 0 Å². The maximum atomic E-state index is 5.98. The van der Waals surface area contributed by atoms with Crippen LogP contribution in [0, 0.1) is 0 Å². The van der Waals surface area contributed by atoms with E-state index >= 15 is 0 Å². The lowest BCUT2D eigenvalue weighted by molar-refractivity contribution is 0.384. The van der Waals surface area contributed by atoms with E-state index in [-0.39, 0.29) is 0 Å². The number of unbranched alkanes of at least 4 members (excludes halogenated alkanes) is 2. The quantitative estimate of drug-likeness (QED) is 0.308. The molecule has 0 heterocycles. The first-order chi connectivity index (χ1) is 7.24. The van der Waals surface area contributed by atoms with Crippen LogP contribution in [0.5, 0.6) is 0 Å². The van der Waals surface area contributed by atoms with Gasteiger partial charge in [0.15, 0.2) is 8.32 Å². The number of alkyl halides is 1. The third kappa shape index (κ3) is 6.95. The smallest absolute Gasteiger partial charge is 0.192 e. The van der Waals surface area contributed by atoms with Gasteiger partial charge in [-0.1, -0.05) is 62.1 Å². The Kier molecular flexibility index (Phi) is 10.7. The van der Waals surface area contributed by atoms with Crippen LogP contribution in [-0.2, 0) is 4.43 Å². The summed E-state index contributed by atoms with van der Waals surface area (Å²) < 4.78 is 7.27. The minimum Gasteiger partial charge on any atom is -0.420 e. The fourth-order valence-corrected chi connectivity index (χ4v) is 7.35. The molecule has 0 fully saturated rings. The maximum absolute atomic E-state index is 5.98. The number of hydrogen-bond acceptors (Lipinski definition) is 1.